The van der Waals surface area contributed by atoms with E-state index >= 15 is 0 Å². The van der Waals surface area contributed by atoms with Gasteiger partial charge in [-0.05, 0) is 30.3 Å². The number of fused-ring (bicyclic) bond motifs is 2. The third-order valence-corrected chi connectivity index (χ3v) is 5.95. The molecule has 1 heterocycles. The molecule has 31 heavy (non-hydrogen) atoms. The van der Waals surface area contributed by atoms with E-state index < -0.39 is 11.7 Å². The number of methoxy groups -OCH3 is 2. The lowest BCUT2D eigenvalue weighted by Crippen LogP contribution is -3.00. The van der Waals surface area contributed by atoms with Crippen molar-refractivity contribution in [2.45, 2.75) is 16.0 Å². The van der Waals surface area contributed by atoms with E-state index in [1.165, 1.54) is 17.8 Å². The zero-order valence-corrected chi connectivity index (χ0v) is 20.8. The van der Waals surface area contributed by atoms with Gasteiger partial charge in [-0.1, -0.05) is 11.8 Å². The predicted molar refractivity (Wildman–Crippen MR) is 116 cm³/mol. The number of hydrogen-bond acceptors (Lipinski definition) is 6. The number of nitrogens with zero attached hydrogens (tertiary/aromatic N) is 2. The predicted octanol–water partition coefficient (Wildman–Crippen LogP) is 2.08. The Kier molecular flexibility index (Phi) is 9.16. The molecule has 0 saturated carbocycles. The fourth-order valence-corrected chi connectivity index (χ4v) is 4.31. The molecule has 1 N–H and O–H groups in total. The maximum Gasteiger partial charge on any atom is 0.418 e. The van der Waals surface area contributed by atoms with E-state index in [0.717, 1.165) is 10.6 Å². The van der Waals surface area contributed by atoms with Crippen molar-refractivity contribution in [1.29, 1.82) is 0 Å². The van der Waals surface area contributed by atoms with E-state index in [2.05, 4.69) is 5.32 Å². The summed E-state index contributed by atoms with van der Waals surface area (Å²) in [6.07, 6.45) is -4.48. The number of benzene rings is 2. The lowest BCUT2D eigenvalue weighted by molar-refractivity contribution is -0.137. The monoisotopic (exact) mass is 568 g/mol. The van der Waals surface area contributed by atoms with Gasteiger partial charge in [0.05, 0.1) is 30.2 Å². The molecule has 2 aromatic carbocycles. The average Bonchev–Trinajstić information content (AvgIpc) is 2.70. The minimum atomic E-state index is -4.48. The summed E-state index contributed by atoms with van der Waals surface area (Å²) in [6.45, 7) is 1.75. The van der Waals surface area contributed by atoms with E-state index in [-0.39, 0.29) is 29.7 Å². The maximum atomic E-state index is 13.9. The van der Waals surface area contributed by atoms with Gasteiger partial charge in [0.15, 0.2) is 0 Å². The number of ether oxygens (including phenoxy) is 2. The Bertz CT molecular complexity index is 889. The first-order chi connectivity index (χ1) is 14.2. The van der Waals surface area contributed by atoms with Crippen LogP contribution in [0.15, 0.2) is 40.1 Å². The third-order valence-electron chi connectivity index (χ3n) is 4.85. The molecule has 172 valence electrons. The SMILES string of the molecule is COCCN(CCOC)c1cc2c(c(C(F)(F)F)c1)Nc1ccc(N(C)C)cc1S2.[I-]. The summed E-state index contributed by atoms with van der Waals surface area (Å²) in [7, 11) is 7.00. The highest BCUT2D eigenvalue weighted by molar-refractivity contribution is 7.99. The molecule has 0 bridgehead atoms. The molecule has 10 heteroatoms. The van der Waals surface area contributed by atoms with Gasteiger partial charge in [0.2, 0.25) is 0 Å². The van der Waals surface area contributed by atoms with Crippen LogP contribution in [0.4, 0.5) is 35.9 Å². The molecule has 0 atom stereocenters. The first kappa shape index (κ1) is 25.9. The Morgan fingerprint density at radius 2 is 1.55 bits per heavy atom. The molecular weight excluding hydrogens is 542 g/mol. The van der Waals surface area contributed by atoms with Crippen LogP contribution in [0.25, 0.3) is 0 Å². The number of anilines is 4. The fourth-order valence-electron chi connectivity index (χ4n) is 3.22. The van der Waals surface area contributed by atoms with E-state index in [0.29, 0.717) is 42.6 Å². The lowest BCUT2D eigenvalue weighted by atomic mass is 10.1. The first-order valence-corrected chi connectivity index (χ1v) is 10.3. The average molecular weight is 568 g/mol. The summed E-state index contributed by atoms with van der Waals surface area (Å²) in [4.78, 5) is 5.25. The van der Waals surface area contributed by atoms with Gasteiger partial charge in [0.1, 0.15) is 0 Å². The number of hydrogen-bond donors (Lipinski definition) is 1. The number of alkyl halides is 3. The quantitative estimate of drug-likeness (QED) is 0.420. The zero-order chi connectivity index (χ0) is 21.9. The second kappa shape index (κ2) is 11.0. The summed E-state index contributed by atoms with van der Waals surface area (Å²) < 4.78 is 52.1. The van der Waals surface area contributed by atoms with Gasteiger partial charge in [0.25, 0.3) is 0 Å². The van der Waals surface area contributed by atoms with Crippen molar-refractivity contribution in [2.24, 2.45) is 0 Å². The largest absolute Gasteiger partial charge is 1.00 e. The van der Waals surface area contributed by atoms with E-state index in [9.17, 15) is 13.2 Å². The number of rotatable bonds is 8. The molecule has 1 aliphatic heterocycles. The summed E-state index contributed by atoms with van der Waals surface area (Å²) in [5, 5.41) is 3.01. The van der Waals surface area contributed by atoms with Gasteiger partial charge < -0.3 is 48.6 Å². The molecule has 0 aliphatic carbocycles. The first-order valence-electron chi connectivity index (χ1n) is 9.49. The molecular formula is C21H26F3IN3O2S-. The molecule has 0 unspecified atom stereocenters. The van der Waals surface area contributed by atoms with Crippen LogP contribution in [-0.2, 0) is 15.7 Å². The Morgan fingerprint density at radius 1 is 0.935 bits per heavy atom. The Morgan fingerprint density at radius 3 is 2.10 bits per heavy atom. The lowest BCUT2D eigenvalue weighted by Gasteiger charge is -2.30. The van der Waals surface area contributed by atoms with Crippen LogP contribution < -0.4 is 39.1 Å². The van der Waals surface area contributed by atoms with Crippen LogP contribution in [-0.4, -0.2) is 54.6 Å². The summed E-state index contributed by atoms with van der Waals surface area (Å²) in [5.41, 5.74) is 1.58. The summed E-state index contributed by atoms with van der Waals surface area (Å²) in [6, 6.07) is 8.69. The van der Waals surface area contributed by atoms with Crippen LogP contribution in [0.3, 0.4) is 0 Å². The van der Waals surface area contributed by atoms with Crippen molar-refractivity contribution in [3.63, 3.8) is 0 Å². The van der Waals surface area contributed by atoms with Gasteiger partial charge >= 0.3 is 6.18 Å². The topological polar surface area (TPSA) is 37.0 Å². The molecule has 1 aliphatic rings. The van der Waals surface area contributed by atoms with Crippen LogP contribution in [0.2, 0.25) is 0 Å². The smallest absolute Gasteiger partial charge is 0.418 e. The van der Waals surface area contributed by atoms with Gasteiger partial charge in [-0.15, -0.1) is 0 Å². The Balaban J connectivity index is 0.00000341. The van der Waals surface area contributed by atoms with Crippen molar-refractivity contribution in [3.8, 4) is 0 Å². The highest BCUT2D eigenvalue weighted by Gasteiger charge is 2.37. The fraction of sp³-hybridized carbons (Fsp3) is 0.429. The highest BCUT2D eigenvalue weighted by atomic mass is 127. The van der Waals surface area contributed by atoms with Gasteiger partial charge in [-0.25, -0.2) is 0 Å². The van der Waals surface area contributed by atoms with E-state index in [1.807, 2.05) is 42.1 Å². The van der Waals surface area contributed by atoms with E-state index in [1.54, 1.807) is 20.3 Å². The Labute approximate surface area is 202 Å². The van der Waals surface area contributed by atoms with Crippen LogP contribution >= 0.6 is 11.8 Å². The molecule has 0 saturated heterocycles. The minimum absolute atomic E-state index is 0. The summed E-state index contributed by atoms with van der Waals surface area (Å²) >= 11 is 1.35. The molecule has 0 radical (unpaired) electrons. The zero-order valence-electron chi connectivity index (χ0n) is 17.8. The normalized spacial score (nSPS) is 12.4. The number of nitrogens with one attached hydrogen (secondary N) is 1. The third kappa shape index (κ3) is 6.11. The molecule has 0 spiro atoms. The highest BCUT2D eigenvalue weighted by Crippen LogP contribution is 2.51. The van der Waals surface area contributed by atoms with Gasteiger partial charge in [0, 0.05) is 62.6 Å². The standard InChI is InChI=1S/C21H26F3N3O2S.HI/c1-26(2)14-5-6-17-18(12-14)30-19-13-15(27(7-9-28-3)8-10-29-4)11-16(20(19)25-17)21(22,23)24;/h5-6,11-13,25H,7-10H2,1-4H3;1H/p-1. The van der Waals surface area contributed by atoms with Crippen LogP contribution in [0, 0.1) is 0 Å². The second-order valence-corrected chi connectivity index (χ2v) is 8.22. The van der Waals surface area contributed by atoms with Crippen molar-refractivity contribution >= 4 is 34.5 Å². The van der Waals surface area contributed by atoms with Crippen LogP contribution in [0.5, 0.6) is 0 Å². The van der Waals surface area contributed by atoms with Gasteiger partial charge in [-0.2, -0.15) is 13.2 Å². The van der Waals surface area contributed by atoms with Crippen molar-refractivity contribution in [3.05, 3.63) is 35.9 Å². The molecule has 0 fully saturated rings. The molecule has 2 aromatic rings. The molecule has 3 rings (SSSR count). The van der Waals surface area contributed by atoms with Crippen LogP contribution in [0.1, 0.15) is 5.56 Å². The molecule has 0 aromatic heterocycles. The minimum Gasteiger partial charge on any atom is -1.00 e. The van der Waals surface area contributed by atoms with Gasteiger partial charge in [-0.3, -0.25) is 0 Å². The van der Waals surface area contributed by atoms with Crippen molar-refractivity contribution in [1.82, 2.24) is 0 Å². The Hall–Kier alpha value is -1.37. The van der Waals surface area contributed by atoms with E-state index in [4.69, 9.17) is 9.47 Å². The summed E-state index contributed by atoms with van der Waals surface area (Å²) in [5.74, 6) is 0. The van der Waals surface area contributed by atoms with Crippen molar-refractivity contribution < 1.29 is 46.6 Å². The second-order valence-electron chi connectivity index (χ2n) is 7.14. The molecule has 0 amide bonds. The van der Waals surface area contributed by atoms with Crippen molar-refractivity contribution in [2.75, 3.05) is 69.7 Å². The maximum absolute atomic E-state index is 13.9. The molecule has 5 nitrogen and oxygen atoms in total. The number of halogens is 4.